The summed E-state index contributed by atoms with van der Waals surface area (Å²) in [5.74, 6) is -1.06. The fourth-order valence-electron chi connectivity index (χ4n) is 4.20. The Balaban J connectivity index is 1.95. The minimum Gasteiger partial charge on any atom is -0.508 e. The van der Waals surface area contributed by atoms with E-state index < -0.39 is 35.6 Å². The summed E-state index contributed by atoms with van der Waals surface area (Å²) in [6.07, 6.45) is -0.706. The van der Waals surface area contributed by atoms with Gasteiger partial charge in [0.05, 0.1) is 0 Å². The number of carbonyl (C=O) groups excluding carboxylic acids is 3. The van der Waals surface area contributed by atoms with Gasteiger partial charge in [0, 0.05) is 12.2 Å². The molecule has 8 nitrogen and oxygen atoms in total. The Morgan fingerprint density at radius 2 is 1.58 bits per heavy atom. The number of phenolic OH excluding ortho intramolecular Hbond substituents is 1. The first-order valence-corrected chi connectivity index (χ1v) is 12.8. The van der Waals surface area contributed by atoms with Crippen molar-refractivity contribution in [2.75, 3.05) is 11.9 Å². The topological polar surface area (TPSA) is 108 Å². The van der Waals surface area contributed by atoms with Gasteiger partial charge in [-0.05, 0) is 74.2 Å². The maximum absolute atomic E-state index is 13.9. The van der Waals surface area contributed by atoms with Gasteiger partial charge in [0.15, 0.2) is 0 Å². The van der Waals surface area contributed by atoms with E-state index in [0.29, 0.717) is 11.3 Å². The first-order valence-electron chi connectivity index (χ1n) is 12.8. The van der Waals surface area contributed by atoms with Crippen LogP contribution in [0.1, 0.15) is 53.1 Å². The standard InChI is InChI=1S/C30H37N3O5/c1-7-33(28(36)25(19(2)3)32-29(37)38-30(4,5)6)26(21-13-16-24(34)17-14-21)27(35)31-23-15-12-20-10-8-9-11-22(20)18-23/h8-19,25-26,34H,7H2,1-6H3,(H,31,35)(H,32,37). The van der Waals surface area contributed by atoms with E-state index in [1.165, 1.54) is 17.0 Å². The maximum atomic E-state index is 13.9. The average molecular weight is 520 g/mol. The summed E-state index contributed by atoms with van der Waals surface area (Å²) in [4.78, 5) is 41.6. The lowest BCUT2D eigenvalue weighted by Gasteiger charge is -2.35. The molecule has 38 heavy (non-hydrogen) atoms. The van der Waals surface area contributed by atoms with Gasteiger partial charge in [-0.3, -0.25) is 9.59 Å². The van der Waals surface area contributed by atoms with Crippen molar-refractivity contribution in [2.24, 2.45) is 5.92 Å². The molecule has 0 spiro atoms. The van der Waals surface area contributed by atoms with Gasteiger partial charge in [0.2, 0.25) is 5.91 Å². The predicted octanol–water partition coefficient (Wildman–Crippen LogP) is 5.62. The van der Waals surface area contributed by atoms with E-state index >= 15 is 0 Å². The third kappa shape index (κ3) is 7.25. The molecule has 0 radical (unpaired) electrons. The normalized spacial score (nSPS) is 13.0. The molecule has 0 aliphatic heterocycles. The summed E-state index contributed by atoms with van der Waals surface area (Å²) in [7, 11) is 0. The van der Waals surface area contributed by atoms with Crippen molar-refractivity contribution in [1.29, 1.82) is 0 Å². The van der Waals surface area contributed by atoms with E-state index in [0.717, 1.165) is 10.8 Å². The summed E-state index contributed by atoms with van der Waals surface area (Å²) in [5, 5.41) is 17.5. The Morgan fingerprint density at radius 1 is 0.947 bits per heavy atom. The maximum Gasteiger partial charge on any atom is 0.408 e. The quantitative estimate of drug-likeness (QED) is 0.358. The number of anilines is 1. The van der Waals surface area contributed by atoms with Gasteiger partial charge in [-0.25, -0.2) is 4.79 Å². The minimum absolute atomic E-state index is 0.0449. The number of benzene rings is 3. The molecule has 3 aromatic rings. The van der Waals surface area contributed by atoms with Crippen LogP contribution >= 0.6 is 0 Å². The molecule has 0 aliphatic rings. The highest BCUT2D eigenvalue weighted by Crippen LogP contribution is 2.27. The van der Waals surface area contributed by atoms with E-state index in [-0.39, 0.29) is 18.2 Å². The Kier molecular flexibility index (Phi) is 8.99. The van der Waals surface area contributed by atoms with Gasteiger partial charge in [-0.1, -0.05) is 56.3 Å². The lowest BCUT2D eigenvalue weighted by atomic mass is 9.98. The molecule has 2 atom stereocenters. The Hall–Kier alpha value is -4.07. The predicted molar refractivity (Wildman–Crippen MR) is 149 cm³/mol. The van der Waals surface area contributed by atoms with Crippen molar-refractivity contribution in [1.82, 2.24) is 10.2 Å². The van der Waals surface area contributed by atoms with Gasteiger partial charge in [0.25, 0.3) is 5.91 Å². The second-order valence-electron chi connectivity index (χ2n) is 10.5. The van der Waals surface area contributed by atoms with Crippen LogP contribution in [0, 0.1) is 5.92 Å². The van der Waals surface area contributed by atoms with Crippen molar-refractivity contribution in [2.45, 2.75) is 59.2 Å². The summed E-state index contributed by atoms with van der Waals surface area (Å²) in [6, 6.07) is 17.7. The molecule has 3 rings (SSSR count). The van der Waals surface area contributed by atoms with Crippen LogP contribution in [0.3, 0.4) is 0 Å². The summed E-state index contributed by atoms with van der Waals surface area (Å²) in [5.41, 5.74) is 0.386. The Bertz CT molecular complexity index is 1280. The highest BCUT2D eigenvalue weighted by molar-refractivity contribution is 6.00. The SMILES string of the molecule is CCN(C(=O)C(NC(=O)OC(C)(C)C)C(C)C)C(C(=O)Nc1ccc2ccccc2c1)c1ccc(O)cc1. The average Bonchev–Trinajstić information content (AvgIpc) is 2.84. The van der Waals surface area contributed by atoms with E-state index in [4.69, 9.17) is 4.74 Å². The number of amides is 3. The molecule has 0 aliphatic carbocycles. The number of carbonyl (C=O) groups is 3. The van der Waals surface area contributed by atoms with Crippen LogP contribution in [0.15, 0.2) is 66.7 Å². The highest BCUT2D eigenvalue weighted by atomic mass is 16.6. The number of nitrogens with zero attached hydrogens (tertiary/aromatic N) is 1. The zero-order valence-electron chi connectivity index (χ0n) is 22.8. The van der Waals surface area contributed by atoms with Crippen LogP contribution in [0.4, 0.5) is 10.5 Å². The molecule has 2 unspecified atom stereocenters. The van der Waals surface area contributed by atoms with Crippen molar-refractivity contribution < 1.29 is 24.2 Å². The fraction of sp³-hybridized carbons (Fsp3) is 0.367. The van der Waals surface area contributed by atoms with E-state index in [1.807, 2.05) is 56.3 Å². The van der Waals surface area contributed by atoms with Crippen molar-refractivity contribution in [3.8, 4) is 5.75 Å². The molecule has 0 fully saturated rings. The highest BCUT2D eigenvalue weighted by Gasteiger charge is 2.36. The number of ether oxygens (including phenoxy) is 1. The molecular weight excluding hydrogens is 482 g/mol. The number of likely N-dealkylation sites (N-methyl/N-ethyl adjacent to an activating group) is 1. The summed E-state index contributed by atoms with van der Waals surface area (Å²) in [6.45, 7) is 10.9. The van der Waals surface area contributed by atoms with Crippen LogP contribution in [-0.4, -0.2) is 46.1 Å². The first-order chi connectivity index (χ1) is 17.9. The van der Waals surface area contributed by atoms with Crippen LogP contribution in [0.25, 0.3) is 10.8 Å². The van der Waals surface area contributed by atoms with Gasteiger partial charge >= 0.3 is 6.09 Å². The molecule has 8 heteroatoms. The second kappa shape index (κ2) is 12.0. The Morgan fingerprint density at radius 3 is 2.16 bits per heavy atom. The molecule has 0 heterocycles. The van der Waals surface area contributed by atoms with Gasteiger partial charge in [-0.15, -0.1) is 0 Å². The van der Waals surface area contributed by atoms with Crippen molar-refractivity contribution >= 4 is 34.4 Å². The summed E-state index contributed by atoms with van der Waals surface area (Å²) >= 11 is 0. The van der Waals surface area contributed by atoms with Crippen molar-refractivity contribution in [3.05, 3.63) is 72.3 Å². The third-order valence-electron chi connectivity index (χ3n) is 6.01. The lowest BCUT2D eigenvalue weighted by molar-refractivity contribution is -0.141. The van der Waals surface area contributed by atoms with Crippen molar-refractivity contribution in [3.63, 3.8) is 0 Å². The van der Waals surface area contributed by atoms with Gasteiger partial charge in [-0.2, -0.15) is 0 Å². The first kappa shape index (κ1) is 28.5. The smallest absolute Gasteiger partial charge is 0.408 e. The second-order valence-corrected chi connectivity index (χ2v) is 10.5. The number of phenols is 1. The van der Waals surface area contributed by atoms with Crippen LogP contribution in [-0.2, 0) is 14.3 Å². The molecule has 0 aromatic heterocycles. The molecular formula is C30H37N3O5. The monoisotopic (exact) mass is 519 g/mol. The Labute approximate surface area is 224 Å². The van der Waals surface area contributed by atoms with Gasteiger partial charge in [0.1, 0.15) is 23.4 Å². The molecule has 202 valence electrons. The van der Waals surface area contributed by atoms with E-state index in [2.05, 4.69) is 10.6 Å². The number of nitrogens with one attached hydrogen (secondary N) is 2. The molecule has 0 bridgehead atoms. The van der Waals surface area contributed by atoms with Crippen LogP contribution in [0.2, 0.25) is 0 Å². The number of fused-ring (bicyclic) bond motifs is 1. The number of hydrogen-bond donors (Lipinski definition) is 3. The van der Waals surface area contributed by atoms with Crippen LogP contribution in [0.5, 0.6) is 5.75 Å². The molecule has 0 saturated carbocycles. The van der Waals surface area contributed by atoms with Gasteiger partial charge < -0.3 is 25.4 Å². The fourth-order valence-corrected chi connectivity index (χ4v) is 4.20. The van der Waals surface area contributed by atoms with Crippen LogP contribution < -0.4 is 10.6 Å². The third-order valence-corrected chi connectivity index (χ3v) is 6.01. The van der Waals surface area contributed by atoms with E-state index in [1.54, 1.807) is 39.8 Å². The van der Waals surface area contributed by atoms with E-state index in [9.17, 15) is 19.5 Å². The molecule has 3 aromatic carbocycles. The largest absolute Gasteiger partial charge is 0.508 e. The minimum atomic E-state index is -1.01. The molecule has 3 amide bonds. The number of aromatic hydroxyl groups is 1. The number of hydrogen-bond acceptors (Lipinski definition) is 5. The zero-order valence-corrected chi connectivity index (χ0v) is 22.8. The molecule has 0 saturated heterocycles. The number of rotatable bonds is 8. The molecule has 3 N–H and O–H groups in total. The lowest BCUT2D eigenvalue weighted by Crippen LogP contribution is -2.54. The zero-order chi connectivity index (χ0) is 28.0. The number of alkyl carbamates (subject to hydrolysis) is 1. The summed E-state index contributed by atoms with van der Waals surface area (Å²) < 4.78 is 5.37.